The van der Waals surface area contributed by atoms with Gasteiger partial charge in [-0.25, -0.2) is 0 Å². The van der Waals surface area contributed by atoms with Crippen molar-refractivity contribution in [2.24, 2.45) is 0 Å². The lowest BCUT2D eigenvalue weighted by molar-refractivity contribution is -0.870. The van der Waals surface area contributed by atoms with Crippen LogP contribution in [0.25, 0.3) is 0 Å². The summed E-state index contributed by atoms with van der Waals surface area (Å²) >= 11 is 0. The fourth-order valence-corrected chi connectivity index (χ4v) is 11.3. The second-order valence-corrected chi connectivity index (χ2v) is 27.1. The highest BCUT2D eigenvalue weighted by atomic mass is 31.2. The van der Waals surface area contributed by atoms with Crippen LogP contribution in [0.4, 0.5) is 0 Å². The van der Waals surface area contributed by atoms with Crippen molar-refractivity contribution in [1.82, 2.24) is 5.32 Å². The van der Waals surface area contributed by atoms with E-state index in [0.29, 0.717) is 23.9 Å². The maximum absolute atomic E-state index is 13.6. The summed E-state index contributed by atoms with van der Waals surface area (Å²) in [5, 5.41) is 3.04. The number of likely N-dealkylation sites (N-methyl/N-ethyl adjacent to an activating group) is 1. The summed E-state index contributed by atoms with van der Waals surface area (Å²) in [6.45, 7) is 6.76. The van der Waals surface area contributed by atoms with E-state index in [1.54, 1.807) is 0 Å². The Hall–Kier alpha value is -2.55. The summed E-state index contributed by atoms with van der Waals surface area (Å²) in [7, 11) is 1.18. The molecule has 0 radical (unpaired) electrons. The molecule has 0 aromatic rings. The summed E-state index contributed by atoms with van der Waals surface area (Å²) in [4.78, 5) is 40.2. The van der Waals surface area contributed by atoms with Gasteiger partial charge in [-0.3, -0.25) is 14.2 Å². The quantitative estimate of drug-likeness (QED) is 0.0212. The number of phosphoric ester groups is 1. The van der Waals surface area contributed by atoms with E-state index in [-0.39, 0.29) is 24.9 Å². The number of hydrogen-bond donors (Lipinski definition) is 1. The number of phosphoric acid groups is 1. The minimum absolute atomic E-state index is 0.0273. The minimum Gasteiger partial charge on any atom is -0.756 e. The van der Waals surface area contributed by atoms with Crippen LogP contribution in [0.5, 0.6) is 0 Å². The van der Waals surface area contributed by atoms with Crippen LogP contribution in [0, 0.1) is 0 Å². The molecule has 3 atom stereocenters. The number of unbranched alkanes of at least 4 members (excludes halogenated alkanes) is 40. The van der Waals surface area contributed by atoms with E-state index in [0.717, 1.165) is 103 Å². The normalized spacial score (nSPS) is 13.9. The van der Waals surface area contributed by atoms with E-state index in [2.05, 4.69) is 86.8 Å². The third kappa shape index (κ3) is 65.7. The predicted molar refractivity (Wildman–Crippen MR) is 367 cm³/mol. The molecule has 9 nitrogen and oxygen atoms in total. The van der Waals surface area contributed by atoms with Gasteiger partial charge in [0.1, 0.15) is 19.3 Å². The third-order valence-electron chi connectivity index (χ3n) is 16.2. The first-order valence-electron chi connectivity index (χ1n) is 36.2. The summed E-state index contributed by atoms with van der Waals surface area (Å²) in [5.41, 5.74) is 0. The maximum atomic E-state index is 13.6. The fourth-order valence-electron chi connectivity index (χ4n) is 10.6. The molecule has 10 heteroatoms. The topological polar surface area (TPSA) is 114 Å². The number of ether oxygens (including phenoxy) is 1. The number of esters is 1. The Morgan fingerprint density at radius 2 is 0.753 bits per heavy atom. The van der Waals surface area contributed by atoms with Crippen molar-refractivity contribution in [3.63, 3.8) is 0 Å². The molecule has 496 valence electrons. The molecule has 0 aliphatic rings. The summed E-state index contributed by atoms with van der Waals surface area (Å²) in [6, 6.07) is -0.901. The SMILES string of the molecule is CC/C=C\C/C=C\C/C=C\C/C=C\C/C=C\CCCCCCCC(=O)NC(COP(=O)([O-])OCC[N+](C)(C)C)C(/C=C/CCCCCCCCCCCCC)OC(=O)CCCCCCCCCCCCCCCCCCCCCCCCCCC. The van der Waals surface area contributed by atoms with Crippen molar-refractivity contribution >= 4 is 19.7 Å². The highest BCUT2D eigenvalue weighted by Crippen LogP contribution is 2.38. The molecule has 1 amide bonds. The first kappa shape index (κ1) is 82.5. The Morgan fingerprint density at radius 1 is 0.424 bits per heavy atom. The molecule has 0 aliphatic heterocycles. The zero-order chi connectivity index (χ0) is 62.1. The monoisotopic (exact) mass is 1210 g/mol. The van der Waals surface area contributed by atoms with Gasteiger partial charge in [-0.15, -0.1) is 0 Å². The van der Waals surface area contributed by atoms with Crippen LogP contribution in [-0.4, -0.2) is 69.4 Å². The molecule has 0 saturated carbocycles. The molecule has 1 N–H and O–H groups in total. The largest absolute Gasteiger partial charge is 0.756 e. The van der Waals surface area contributed by atoms with Crippen LogP contribution in [0.3, 0.4) is 0 Å². The van der Waals surface area contributed by atoms with Gasteiger partial charge in [0.15, 0.2) is 0 Å². The van der Waals surface area contributed by atoms with Crippen LogP contribution < -0.4 is 10.2 Å². The van der Waals surface area contributed by atoms with Gasteiger partial charge < -0.3 is 28.5 Å². The van der Waals surface area contributed by atoms with Crippen molar-refractivity contribution < 1.29 is 37.3 Å². The lowest BCUT2D eigenvalue weighted by Crippen LogP contribution is -2.47. The first-order valence-corrected chi connectivity index (χ1v) is 37.7. The van der Waals surface area contributed by atoms with Crippen molar-refractivity contribution in [3.05, 3.63) is 72.9 Å². The number of nitrogens with zero attached hydrogens (tertiary/aromatic N) is 1. The highest BCUT2D eigenvalue weighted by molar-refractivity contribution is 7.45. The van der Waals surface area contributed by atoms with E-state index in [9.17, 15) is 19.0 Å². The number of carbonyl (C=O) groups excluding carboxylic acids is 2. The Kier molecular flexibility index (Phi) is 62.5. The minimum atomic E-state index is -4.71. The standard InChI is InChI=1S/C75H139N2O7P/c1-7-10-13-16-19-22-25-28-30-32-34-36-37-38-39-41-43-45-47-50-53-56-59-62-65-68-75(79)84-73(66-63-60-57-54-51-48-27-24-21-18-15-12-9-3)72(71-83-85(80,81)82-70-69-77(4,5)6)76-74(78)67-64-61-58-55-52-49-46-44-42-40-35-33-31-29-26-23-20-17-14-11-8-2/h11,14,20,23,29,31,35,40,44,46,63,66,72-73H,7-10,12-13,15-19,21-22,24-28,30,32-34,36-39,41-43,45,47-62,64-65,67-71H2,1-6H3,(H-,76,78,80,81)/b14-11-,23-20-,31-29-,40-35-,46-44-,66-63+. The van der Waals surface area contributed by atoms with Gasteiger partial charge in [0, 0.05) is 12.8 Å². The van der Waals surface area contributed by atoms with Crippen LogP contribution >= 0.6 is 7.82 Å². The average molecular weight is 1210 g/mol. The summed E-state index contributed by atoms with van der Waals surface area (Å²) < 4.78 is 30.5. The summed E-state index contributed by atoms with van der Waals surface area (Å²) in [6.07, 6.45) is 84.6. The Morgan fingerprint density at radius 3 is 1.13 bits per heavy atom. The first-order chi connectivity index (χ1) is 41.4. The van der Waals surface area contributed by atoms with Gasteiger partial charge >= 0.3 is 5.97 Å². The second kappa shape index (κ2) is 64.4. The van der Waals surface area contributed by atoms with E-state index in [1.165, 1.54) is 199 Å². The second-order valence-electron chi connectivity index (χ2n) is 25.7. The molecule has 85 heavy (non-hydrogen) atoms. The molecule has 0 saturated heterocycles. The maximum Gasteiger partial charge on any atom is 0.306 e. The number of quaternary nitrogens is 1. The van der Waals surface area contributed by atoms with Gasteiger partial charge in [-0.1, -0.05) is 325 Å². The van der Waals surface area contributed by atoms with E-state index >= 15 is 0 Å². The zero-order valence-corrected chi connectivity index (χ0v) is 57.7. The number of rotatable bonds is 66. The Labute approximate surface area is 527 Å². The molecule has 0 aliphatic carbocycles. The van der Waals surface area contributed by atoms with Gasteiger partial charge in [0.05, 0.1) is 33.8 Å². The van der Waals surface area contributed by atoms with Gasteiger partial charge in [0.25, 0.3) is 7.82 Å². The van der Waals surface area contributed by atoms with Gasteiger partial charge in [0.2, 0.25) is 5.91 Å². The summed E-state index contributed by atoms with van der Waals surface area (Å²) in [5.74, 6) is -0.550. The number of hydrogen-bond acceptors (Lipinski definition) is 7. The average Bonchev–Trinajstić information content (AvgIpc) is 3.50. The lowest BCUT2D eigenvalue weighted by atomic mass is 10.0. The molecule has 0 aromatic heterocycles. The van der Waals surface area contributed by atoms with Crippen molar-refractivity contribution in [2.45, 2.75) is 354 Å². The van der Waals surface area contributed by atoms with Crippen molar-refractivity contribution in [3.8, 4) is 0 Å². The molecule has 3 unspecified atom stereocenters. The number of nitrogens with one attached hydrogen (secondary N) is 1. The van der Waals surface area contributed by atoms with Crippen molar-refractivity contribution in [1.29, 1.82) is 0 Å². The molecular formula is C75H139N2O7P. The molecule has 0 aromatic carbocycles. The highest BCUT2D eigenvalue weighted by Gasteiger charge is 2.27. The van der Waals surface area contributed by atoms with Gasteiger partial charge in [-0.05, 0) is 76.7 Å². The number of allylic oxidation sites excluding steroid dienone is 11. The smallest absolute Gasteiger partial charge is 0.306 e. The van der Waals surface area contributed by atoms with Crippen molar-refractivity contribution in [2.75, 3.05) is 40.9 Å². The number of carbonyl (C=O) groups is 2. The molecule has 0 heterocycles. The third-order valence-corrected chi connectivity index (χ3v) is 17.1. The molecule has 0 fully saturated rings. The van der Waals surface area contributed by atoms with E-state index < -0.39 is 26.6 Å². The van der Waals surface area contributed by atoms with E-state index in [1.807, 2.05) is 33.3 Å². The molecule has 0 bridgehead atoms. The Balaban J connectivity index is 5.10. The van der Waals surface area contributed by atoms with Crippen LogP contribution in [0.2, 0.25) is 0 Å². The van der Waals surface area contributed by atoms with Crippen LogP contribution in [0.1, 0.15) is 342 Å². The van der Waals surface area contributed by atoms with E-state index in [4.69, 9.17) is 13.8 Å². The molecule has 0 rings (SSSR count). The fraction of sp³-hybridized carbons (Fsp3) is 0.813. The van der Waals surface area contributed by atoms with Gasteiger partial charge in [-0.2, -0.15) is 0 Å². The molecule has 0 spiro atoms. The van der Waals surface area contributed by atoms with Crippen LogP contribution in [0.15, 0.2) is 72.9 Å². The predicted octanol–water partition coefficient (Wildman–Crippen LogP) is 22.5. The molecular weight excluding hydrogens is 1070 g/mol. The number of amides is 1. The zero-order valence-electron chi connectivity index (χ0n) is 56.8. The van der Waals surface area contributed by atoms with Crippen LogP contribution in [-0.2, 0) is 27.9 Å². The Bertz CT molecular complexity index is 1680. The lowest BCUT2D eigenvalue weighted by Gasteiger charge is -2.30.